The molecule has 0 fully saturated rings. The highest BCUT2D eigenvalue weighted by Crippen LogP contribution is 2.40. The number of nitrogens with zero attached hydrogens (tertiary/aromatic N) is 1. The summed E-state index contributed by atoms with van der Waals surface area (Å²) in [6.07, 6.45) is 1.06. The fourth-order valence-corrected chi connectivity index (χ4v) is 3.62. The van der Waals surface area contributed by atoms with Crippen molar-refractivity contribution in [1.82, 2.24) is 0 Å². The van der Waals surface area contributed by atoms with Gasteiger partial charge in [-0.2, -0.15) is 0 Å². The zero-order valence-corrected chi connectivity index (χ0v) is 16.1. The molecule has 2 nitrogen and oxygen atoms in total. The number of para-hydroxylation sites is 1. The van der Waals surface area contributed by atoms with E-state index in [2.05, 4.69) is 70.5 Å². The van der Waals surface area contributed by atoms with Crippen LogP contribution in [0.25, 0.3) is 5.57 Å². The van der Waals surface area contributed by atoms with Crippen LogP contribution >= 0.6 is 0 Å². The molecule has 1 heterocycles. The smallest absolute Gasteiger partial charge is 0.192 e. The van der Waals surface area contributed by atoms with Gasteiger partial charge in [-0.3, -0.25) is 0 Å². The van der Waals surface area contributed by atoms with E-state index in [0.717, 1.165) is 19.5 Å². The van der Waals surface area contributed by atoms with Crippen LogP contribution in [0.15, 0.2) is 24.8 Å². The first-order valence-corrected chi connectivity index (χ1v) is 11.3. The normalized spacial score (nSPS) is 15.9. The first kappa shape index (κ1) is 17.3. The van der Waals surface area contributed by atoms with Gasteiger partial charge >= 0.3 is 0 Å². The van der Waals surface area contributed by atoms with E-state index >= 15 is 0 Å². The second kappa shape index (κ2) is 6.21. The maximum Gasteiger partial charge on any atom is 0.192 e. The Balaban J connectivity index is 2.30. The van der Waals surface area contributed by atoms with Gasteiger partial charge in [0.1, 0.15) is 0 Å². The van der Waals surface area contributed by atoms with Gasteiger partial charge in [-0.15, -0.1) is 0 Å². The third kappa shape index (κ3) is 3.30. The van der Waals surface area contributed by atoms with Crippen LogP contribution in [0.5, 0.6) is 0 Å². The first-order valence-electron chi connectivity index (χ1n) is 8.36. The molecule has 0 saturated heterocycles. The summed E-state index contributed by atoms with van der Waals surface area (Å²) < 4.78 is 6.46. The summed E-state index contributed by atoms with van der Waals surface area (Å²) in [4.78, 5) is 2.47. The van der Waals surface area contributed by atoms with Gasteiger partial charge in [0.15, 0.2) is 8.32 Å². The van der Waals surface area contributed by atoms with E-state index in [1.807, 2.05) is 0 Å². The number of benzene rings is 1. The van der Waals surface area contributed by atoms with Crippen LogP contribution < -0.4 is 4.90 Å². The van der Waals surface area contributed by atoms with Gasteiger partial charge in [0.05, 0.1) is 6.61 Å². The van der Waals surface area contributed by atoms with Crippen molar-refractivity contribution < 1.29 is 4.43 Å². The fourth-order valence-electron chi connectivity index (χ4n) is 2.67. The molecule has 122 valence electrons. The number of anilines is 1. The highest BCUT2D eigenvalue weighted by atomic mass is 28.4. The molecular weight excluding hydrogens is 286 g/mol. The maximum absolute atomic E-state index is 6.46. The molecule has 0 N–H and O–H groups in total. The molecule has 1 aromatic carbocycles. The van der Waals surface area contributed by atoms with Crippen LogP contribution in [0.3, 0.4) is 0 Å². The molecule has 0 aromatic heterocycles. The van der Waals surface area contributed by atoms with Gasteiger partial charge in [-0.25, -0.2) is 0 Å². The van der Waals surface area contributed by atoms with Gasteiger partial charge < -0.3 is 9.33 Å². The summed E-state index contributed by atoms with van der Waals surface area (Å²) in [5, 5.41) is 0.246. The predicted octanol–water partition coefficient (Wildman–Crippen LogP) is 5.45. The van der Waals surface area contributed by atoms with Gasteiger partial charge in [0.2, 0.25) is 0 Å². The third-order valence-corrected chi connectivity index (χ3v) is 9.76. The van der Waals surface area contributed by atoms with E-state index in [1.165, 1.54) is 22.4 Å². The summed E-state index contributed by atoms with van der Waals surface area (Å²) in [5.41, 5.74) is 5.23. The Morgan fingerprint density at radius 1 is 1.27 bits per heavy atom. The van der Waals surface area contributed by atoms with Crippen molar-refractivity contribution in [2.45, 2.75) is 58.9 Å². The maximum atomic E-state index is 6.46. The lowest BCUT2D eigenvalue weighted by molar-refractivity contribution is 0.276. The van der Waals surface area contributed by atoms with E-state index in [9.17, 15) is 0 Å². The van der Waals surface area contributed by atoms with Crippen molar-refractivity contribution in [3.8, 4) is 0 Å². The van der Waals surface area contributed by atoms with Crippen molar-refractivity contribution in [1.29, 1.82) is 0 Å². The largest absolute Gasteiger partial charge is 0.412 e. The highest BCUT2D eigenvalue weighted by molar-refractivity contribution is 6.74. The monoisotopic (exact) mass is 317 g/mol. The van der Waals surface area contributed by atoms with Crippen molar-refractivity contribution in [2.24, 2.45) is 0 Å². The Labute approximate surface area is 137 Å². The van der Waals surface area contributed by atoms with E-state index in [4.69, 9.17) is 4.43 Å². The van der Waals surface area contributed by atoms with Gasteiger partial charge in [-0.05, 0) is 37.0 Å². The average Bonchev–Trinajstić information content (AvgIpc) is 2.44. The molecule has 0 radical (unpaired) electrons. The van der Waals surface area contributed by atoms with E-state index in [1.54, 1.807) is 0 Å². The SMILES string of the molecule is C=C1CCN(CC)c2c(CO[Si](C)(C)C(C)(C)C)cccc21. The molecule has 2 rings (SSSR count). The lowest BCUT2D eigenvalue weighted by Gasteiger charge is -2.38. The molecule has 0 amide bonds. The van der Waals surface area contributed by atoms with Crippen LogP contribution in [-0.4, -0.2) is 21.4 Å². The van der Waals surface area contributed by atoms with E-state index in [0.29, 0.717) is 6.61 Å². The third-order valence-electron chi connectivity index (χ3n) is 5.28. The molecule has 0 atom stereocenters. The zero-order chi connectivity index (χ0) is 16.5. The van der Waals surface area contributed by atoms with Crippen LogP contribution in [0, 0.1) is 0 Å². The molecule has 0 bridgehead atoms. The summed E-state index contributed by atoms with van der Waals surface area (Å²) in [5.74, 6) is 0. The Hall–Kier alpha value is -1.06. The Morgan fingerprint density at radius 2 is 1.95 bits per heavy atom. The summed E-state index contributed by atoms with van der Waals surface area (Å²) in [6, 6.07) is 6.57. The standard InChI is InChI=1S/C19H31NOSi/c1-8-20-13-12-15(2)17-11-9-10-16(18(17)20)14-21-22(6,7)19(3,4)5/h9-11H,2,8,12-14H2,1,3-7H3. The minimum absolute atomic E-state index is 0.246. The van der Waals surface area contributed by atoms with Gasteiger partial charge in [0, 0.05) is 29.9 Å². The lowest BCUT2D eigenvalue weighted by Crippen LogP contribution is -2.40. The number of rotatable bonds is 4. The van der Waals surface area contributed by atoms with Crippen molar-refractivity contribution in [2.75, 3.05) is 18.0 Å². The Bertz CT molecular complexity index is 557. The molecular formula is C19H31NOSi. The number of fused-ring (bicyclic) bond motifs is 1. The van der Waals surface area contributed by atoms with Gasteiger partial charge in [-0.1, -0.05) is 45.5 Å². The summed E-state index contributed by atoms with van der Waals surface area (Å²) in [7, 11) is -1.72. The van der Waals surface area contributed by atoms with E-state index < -0.39 is 8.32 Å². The average molecular weight is 318 g/mol. The predicted molar refractivity (Wildman–Crippen MR) is 100.0 cm³/mol. The first-order chi connectivity index (χ1) is 10.2. The van der Waals surface area contributed by atoms with Crippen molar-refractivity contribution >= 4 is 19.6 Å². The lowest BCUT2D eigenvalue weighted by atomic mass is 9.94. The summed E-state index contributed by atoms with van der Waals surface area (Å²) >= 11 is 0. The fraction of sp³-hybridized carbons (Fsp3) is 0.579. The minimum atomic E-state index is -1.72. The molecule has 3 heteroatoms. The summed E-state index contributed by atoms with van der Waals surface area (Å²) in [6.45, 7) is 20.8. The van der Waals surface area contributed by atoms with Crippen LogP contribution in [0.2, 0.25) is 18.1 Å². The molecule has 0 unspecified atom stereocenters. The van der Waals surface area contributed by atoms with Crippen molar-refractivity contribution in [3.63, 3.8) is 0 Å². The highest BCUT2D eigenvalue weighted by Gasteiger charge is 2.37. The topological polar surface area (TPSA) is 12.5 Å². The molecule has 0 saturated carbocycles. The van der Waals surface area contributed by atoms with Crippen LogP contribution in [0.4, 0.5) is 5.69 Å². The van der Waals surface area contributed by atoms with Gasteiger partial charge in [0.25, 0.3) is 0 Å². The second-order valence-corrected chi connectivity index (χ2v) is 12.6. The number of hydrogen-bond donors (Lipinski definition) is 0. The molecule has 0 aliphatic carbocycles. The molecule has 1 aliphatic heterocycles. The Kier molecular flexibility index (Phi) is 4.88. The van der Waals surface area contributed by atoms with Crippen molar-refractivity contribution in [3.05, 3.63) is 35.9 Å². The second-order valence-electron chi connectivity index (χ2n) is 7.80. The van der Waals surface area contributed by atoms with Crippen LogP contribution in [-0.2, 0) is 11.0 Å². The number of hydrogen-bond acceptors (Lipinski definition) is 2. The quantitative estimate of drug-likeness (QED) is 0.684. The molecule has 1 aliphatic rings. The molecule has 22 heavy (non-hydrogen) atoms. The Morgan fingerprint density at radius 3 is 2.55 bits per heavy atom. The zero-order valence-electron chi connectivity index (χ0n) is 15.1. The minimum Gasteiger partial charge on any atom is -0.412 e. The molecule has 0 spiro atoms. The van der Waals surface area contributed by atoms with Crippen LogP contribution in [0.1, 0.15) is 45.2 Å². The molecule has 1 aromatic rings. The van der Waals surface area contributed by atoms with E-state index in [-0.39, 0.29) is 5.04 Å².